The third-order valence-corrected chi connectivity index (χ3v) is 5.53. The summed E-state index contributed by atoms with van der Waals surface area (Å²) < 4.78 is 5.87. The molecule has 2 aromatic rings. The molecule has 30 heavy (non-hydrogen) atoms. The zero-order chi connectivity index (χ0) is 21.7. The van der Waals surface area contributed by atoms with E-state index >= 15 is 0 Å². The van der Waals surface area contributed by atoms with Crippen molar-refractivity contribution >= 4 is 11.6 Å². The molecule has 0 bridgehead atoms. The first kappa shape index (κ1) is 22.2. The smallest absolute Gasteiger partial charge is 0.251 e. The number of nitrogens with zero attached hydrogens (tertiary/aromatic N) is 2. The molecule has 1 saturated heterocycles. The van der Waals surface area contributed by atoms with E-state index in [4.69, 9.17) is 4.74 Å². The van der Waals surface area contributed by atoms with Crippen LogP contribution in [0.2, 0.25) is 0 Å². The van der Waals surface area contributed by atoms with Crippen molar-refractivity contribution in [3.63, 3.8) is 0 Å². The number of carbonyl (C=O) groups is 1. The Kier molecular flexibility index (Phi) is 7.44. The molecule has 1 fully saturated rings. The van der Waals surface area contributed by atoms with Gasteiger partial charge >= 0.3 is 0 Å². The van der Waals surface area contributed by atoms with Crippen LogP contribution in [0.4, 0.5) is 5.69 Å². The number of anilines is 1. The van der Waals surface area contributed by atoms with Crippen LogP contribution in [0.25, 0.3) is 0 Å². The maximum Gasteiger partial charge on any atom is 0.251 e. The predicted octanol–water partition coefficient (Wildman–Crippen LogP) is 1.10. The molecule has 1 aliphatic rings. The number of aliphatic hydroxyl groups excluding tert-OH is 2. The maximum absolute atomic E-state index is 12.6. The Morgan fingerprint density at radius 2 is 1.70 bits per heavy atom. The number of hydrogen-bond acceptors (Lipinski definition) is 6. The molecule has 7 heteroatoms. The van der Waals surface area contributed by atoms with Gasteiger partial charge in [-0.15, -0.1) is 0 Å². The molecule has 4 unspecified atom stereocenters. The molecule has 162 valence electrons. The minimum atomic E-state index is -0.843. The van der Waals surface area contributed by atoms with E-state index < -0.39 is 18.3 Å². The molecule has 0 spiro atoms. The average Bonchev–Trinajstić information content (AvgIpc) is 3.08. The van der Waals surface area contributed by atoms with Crippen molar-refractivity contribution in [2.75, 3.05) is 39.2 Å². The minimum Gasteiger partial charge on any atom is -0.394 e. The number of aliphatic hydroxyl groups is 2. The van der Waals surface area contributed by atoms with Gasteiger partial charge in [-0.25, -0.2) is 0 Å². The van der Waals surface area contributed by atoms with Crippen LogP contribution >= 0.6 is 0 Å². The Hall–Kier alpha value is -2.45. The molecular formula is C23H31N3O4. The van der Waals surface area contributed by atoms with Crippen molar-refractivity contribution in [3.8, 4) is 0 Å². The number of rotatable bonds is 8. The van der Waals surface area contributed by atoms with Crippen molar-refractivity contribution in [2.24, 2.45) is 0 Å². The largest absolute Gasteiger partial charge is 0.394 e. The average molecular weight is 414 g/mol. The number of carbonyl (C=O) groups excluding carboxylic acids is 1. The highest BCUT2D eigenvalue weighted by Gasteiger charge is 2.45. The van der Waals surface area contributed by atoms with Crippen LogP contribution in [0.3, 0.4) is 0 Å². The highest BCUT2D eigenvalue weighted by atomic mass is 16.5. The van der Waals surface area contributed by atoms with E-state index in [0.29, 0.717) is 12.1 Å². The topological polar surface area (TPSA) is 85.3 Å². The van der Waals surface area contributed by atoms with Crippen LogP contribution in [0.5, 0.6) is 0 Å². The van der Waals surface area contributed by atoms with E-state index in [9.17, 15) is 15.0 Å². The number of likely N-dealkylation sites (N-methyl/N-ethyl adjacent to an activating group) is 1. The van der Waals surface area contributed by atoms with E-state index in [1.54, 1.807) is 12.1 Å². The van der Waals surface area contributed by atoms with Gasteiger partial charge in [-0.3, -0.25) is 9.69 Å². The van der Waals surface area contributed by atoms with Gasteiger partial charge in [0.15, 0.2) is 0 Å². The molecule has 1 aliphatic heterocycles. The molecule has 3 rings (SSSR count). The van der Waals surface area contributed by atoms with Gasteiger partial charge in [-0.05, 0) is 36.9 Å². The summed E-state index contributed by atoms with van der Waals surface area (Å²) in [7, 11) is 5.81. The molecule has 0 aliphatic carbocycles. The normalized spacial score (nSPS) is 23.5. The highest BCUT2D eigenvalue weighted by Crippen LogP contribution is 2.26. The molecule has 2 aromatic carbocycles. The number of ether oxygens (including phenoxy) is 1. The summed E-state index contributed by atoms with van der Waals surface area (Å²) in [5.41, 5.74) is 2.69. The summed E-state index contributed by atoms with van der Waals surface area (Å²) in [4.78, 5) is 16.6. The van der Waals surface area contributed by atoms with Crippen molar-refractivity contribution in [2.45, 2.75) is 30.9 Å². The second kappa shape index (κ2) is 10.0. The monoisotopic (exact) mass is 413 g/mol. The van der Waals surface area contributed by atoms with E-state index in [-0.39, 0.29) is 25.1 Å². The Bertz CT molecular complexity index is 813. The third-order valence-electron chi connectivity index (χ3n) is 5.53. The van der Waals surface area contributed by atoms with Crippen LogP contribution in [0.15, 0.2) is 54.6 Å². The third kappa shape index (κ3) is 5.17. The zero-order valence-electron chi connectivity index (χ0n) is 17.7. The molecule has 0 radical (unpaired) electrons. The standard InChI is InChI=1S/C23H31N3O4/c1-25(2)18-11-9-17(10-12-18)23(29)24-13-19-21(22(28)20(15-27)30-19)26(3)14-16-7-5-4-6-8-16/h4-12,19-22,27-28H,13-15H2,1-3H3,(H,24,29). The van der Waals surface area contributed by atoms with Crippen LogP contribution in [-0.4, -0.2) is 79.7 Å². The van der Waals surface area contributed by atoms with E-state index in [1.165, 1.54) is 0 Å². The lowest BCUT2D eigenvalue weighted by atomic mass is 10.0. The van der Waals surface area contributed by atoms with Crippen molar-refractivity contribution in [1.29, 1.82) is 0 Å². The first-order valence-electron chi connectivity index (χ1n) is 10.1. The molecule has 1 heterocycles. The van der Waals surface area contributed by atoms with Crippen LogP contribution in [-0.2, 0) is 11.3 Å². The van der Waals surface area contributed by atoms with Crippen molar-refractivity contribution < 1.29 is 19.7 Å². The predicted molar refractivity (Wildman–Crippen MR) is 117 cm³/mol. The molecule has 0 saturated carbocycles. The summed E-state index contributed by atoms with van der Waals surface area (Å²) >= 11 is 0. The van der Waals surface area contributed by atoms with Gasteiger partial charge in [-0.2, -0.15) is 0 Å². The van der Waals surface area contributed by atoms with Gasteiger partial charge in [0.1, 0.15) is 12.2 Å². The van der Waals surface area contributed by atoms with E-state index in [2.05, 4.69) is 5.32 Å². The highest BCUT2D eigenvalue weighted by molar-refractivity contribution is 5.94. The summed E-state index contributed by atoms with van der Waals surface area (Å²) in [6.45, 7) is 0.597. The Labute approximate surface area is 177 Å². The first-order chi connectivity index (χ1) is 14.4. The van der Waals surface area contributed by atoms with Crippen LogP contribution < -0.4 is 10.2 Å². The Balaban J connectivity index is 1.65. The number of hydrogen-bond donors (Lipinski definition) is 3. The Morgan fingerprint density at radius 1 is 1.03 bits per heavy atom. The van der Waals surface area contributed by atoms with Crippen LogP contribution in [0.1, 0.15) is 15.9 Å². The zero-order valence-corrected chi connectivity index (χ0v) is 17.7. The fraction of sp³-hybridized carbons (Fsp3) is 0.435. The van der Waals surface area contributed by atoms with Crippen molar-refractivity contribution in [3.05, 3.63) is 65.7 Å². The first-order valence-corrected chi connectivity index (χ1v) is 10.1. The number of amides is 1. The summed E-state index contributed by atoms with van der Waals surface area (Å²) in [5, 5.41) is 23.2. The van der Waals surface area contributed by atoms with Gasteiger partial charge in [0.25, 0.3) is 5.91 Å². The maximum atomic E-state index is 12.6. The fourth-order valence-corrected chi connectivity index (χ4v) is 3.87. The number of nitrogens with one attached hydrogen (secondary N) is 1. The molecule has 3 N–H and O–H groups in total. The summed E-state index contributed by atoms with van der Waals surface area (Å²) in [6.07, 6.45) is -1.95. The molecule has 1 amide bonds. The lowest BCUT2D eigenvalue weighted by Crippen LogP contribution is -2.49. The molecular weight excluding hydrogens is 382 g/mol. The fourth-order valence-electron chi connectivity index (χ4n) is 3.87. The Morgan fingerprint density at radius 3 is 2.30 bits per heavy atom. The summed E-state index contributed by atoms with van der Waals surface area (Å²) in [6, 6.07) is 17.0. The molecule has 0 aromatic heterocycles. The molecule has 7 nitrogen and oxygen atoms in total. The van der Waals surface area contributed by atoms with Crippen molar-refractivity contribution in [1.82, 2.24) is 10.2 Å². The summed E-state index contributed by atoms with van der Waals surface area (Å²) in [5.74, 6) is -0.199. The van der Waals surface area contributed by atoms with Gasteiger partial charge in [0.2, 0.25) is 0 Å². The second-order valence-electron chi connectivity index (χ2n) is 7.93. The lowest BCUT2D eigenvalue weighted by Gasteiger charge is -2.30. The van der Waals surface area contributed by atoms with E-state index in [0.717, 1.165) is 11.3 Å². The second-order valence-corrected chi connectivity index (χ2v) is 7.93. The van der Waals surface area contributed by atoms with Crippen LogP contribution in [0, 0.1) is 0 Å². The SMILES string of the molecule is CN(C)c1ccc(C(=O)NCC2OC(CO)C(O)C2N(C)Cc2ccccc2)cc1. The minimum absolute atomic E-state index is 0.199. The van der Waals surface area contributed by atoms with E-state index in [1.807, 2.05) is 73.4 Å². The number of benzene rings is 2. The van der Waals surface area contributed by atoms with Gasteiger partial charge in [0, 0.05) is 38.4 Å². The van der Waals surface area contributed by atoms with Gasteiger partial charge < -0.3 is 25.2 Å². The lowest BCUT2D eigenvalue weighted by molar-refractivity contribution is -0.0209. The quantitative estimate of drug-likeness (QED) is 0.601. The molecule has 4 atom stereocenters. The van der Waals surface area contributed by atoms with Gasteiger partial charge in [0.05, 0.1) is 18.8 Å². The van der Waals surface area contributed by atoms with Gasteiger partial charge in [-0.1, -0.05) is 30.3 Å².